The van der Waals surface area contributed by atoms with Gasteiger partial charge < -0.3 is 20.7 Å². The monoisotopic (exact) mass is 611 g/mol. The highest BCUT2D eigenvalue weighted by molar-refractivity contribution is 5.90. The molecule has 0 aromatic heterocycles. The minimum atomic E-state index is -0.534. The van der Waals surface area contributed by atoms with Crippen LogP contribution in [0.15, 0.2) is 84.9 Å². The smallest absolute Gasteiger partial charge is 0.242 e. The topological polar surface area (TPSA) is 91.1 Å². The van der Waals surface area contributed by atoms with Gasteiger partial charge in [-0.15, -0.1) is 0 Å². The normalized spacial score (nSPS) is 20.0. The van der Waals surface area contributed by atoms with Gasteiger partial charge in [0.05, 0.1) is 7.11 Å². The van der Waals surface area contributed by atoms with Crippen molar-refractivity contribution in [2.75, 3.05) is 46.4 Å². The first-order chi connectivity index (χ1) is 22.0. The van der Waals surface area contributed by atoms with Gasteiger partial charge in [0.1, 0.15) is 17.8 Å². The molecule has 2 amide bonds. The number of carbonyl (C=O) groups excluding carboxylic acids is 2. The Kier molecular flexibility index (Phi) is 11.6. The summed E-state index contributed by atoms with van der Waals surface area (Å²) in [6.45, 7) is 6.86. The summed E-state index contributed by atoms with van der Waals surface area (Å²) in [7, 11) is 1.70. The molecule has 0 saturated carbocycles. The Bertz CT molecular complexity index is 1330. The van der Waals surface area contributed by atoms with Gasteiger partial charge in [0.2, 0.25) is 11.8 Å². The first-order valence-electron chi connectivity index (χ1n) is 16.5. The minimum absolute atomic E-state index is 0.0123. The first-order valence-corrected chi connectivity index (χ1v) is 16.5. The van der Waals surface area contributed by atoms with Gasteiger partial charge in [-0.25, -0.2) is 0 Å². The van der Waals surface area contributed by atoms with E-state index in [4.69, 9.17) is 10.5 Å². The lowest BCUT2D eigenvalue weighted by atomic mass is 9.91. The maximum atomic E-state index is 14.4. The van der Waals surface area contributed by atoms with E-state index >= 15 is 0 Å². The summed E-state index contributed by atoms with van der Waals surface area (Å²) < 4.78 is 5.60. The highest BCUT2D eigenvalue weighted by atomic mass is 16.5. The van der Waals surface area contributed by atoms with Crippen molar-refractivity contribution in [3.05, 3.63) is 102 Å². The Hall–Kier alpha value is -3.72. The number of methoxy groups -OCH3 is 1. The molecule has 0 bridgehead atoms. The Balaban J connectivity index is 1.34. The van der Waals surface area contributed by atoms with E-state index < -0.39 is 6.04 Å². The number of ether oxygens (including phenoxy) is 1. The van der Waals surface area contributed by atoms with E-state index in [9.17, 15) is 9.59 Å². The van der Waals surface area contributed by atoms with E-state index in [-0.39, 0.29) is 29.8 Å². The van der Waals surface area contributed by atoms with Crippen molar-refractivity contribution in [1.82, 2.24) is 20.0 Å². The van der Waals surface area contributed by atoms with Gasteiger partial charge in [0.25, 0.3) is 0 Å². The molecule has 2 aliphatic rings. The summed E-state index contributed by atoms with van der Waals surface area (Å²) in [5, 5.41) is 3.28. The summed E-state index contributed by atoms with van der Waals surface area (Å²) in [6, 6.07) is 28.1. The number of hydrogen-bond donors (Lipinski definition) is 2. The molecule has 0 aliphatic carbocycles. The first kappa shape index (κ1) is 32.7. The van der Waals surface area contributed by atoms with E-state index in [1.807, 2.05) is 59.5 Å². The molecule has 2 fully saturated rings. The van der Waals surface area contributed by atoms with Crippen molar-refractivity contribution >= 4 is 11.8 Å². The van der Waals surface area contributed by atoms with Crippen molar-refractivity contribution in [1.29, 1.82) is 0 Å². The summed E-state index contributed by atoms with van der Waals surface area (Å²) in [5.74, 6) is 0.848. The Morgan fingerprint density at radius 1 is 0.933 bits per heavy atom. The fourth-order valence-corrected chi connectivity index (χ4v) is 6.95. The Morgan fingerprint density at radius 3 is 2.27 bits per heavy atom. The SMILES string of the molecule is COc1ccccc1CN1CCN2C(C)CCN([C@@H](CCCCN)C(=O)NCC(c3ccccc3)c3ccccc3)C(=O)C2C1. The van der Waals surface area contributed by atoms with Crippen LogP contribution in [0.5, 0.6) is 5.75 Å². The van der Waals surface area contributed by atoms with Crippen LogP contribution < -0.4 is 15.8 Å². The third-order valence-corrected chi connectivity index (χ3v) is 9.51. The molecule has 3 atom stereocenters. The zero-order valence-corrected chi connectivity index (χ0v) is 26.8. The van der Waals surface area contributed by atoms with Gasteiger partial charge in [-0.2, -0.15) is 0 Å². The molecule has 240 valence electrons. The fraction of sp³-hybridized carbons (Fsp3) is 0.459. The van der Waals surface area contributed by atoms with Crippen LogP contribution in [0.2, 0.25) is 0 Å². The molecule has 3 aromatic carbocycles. The lowest BCUT2D eigenvalue weighted by Gasteiger charge is -2.43. The average Bonchev–Trinajstić information content (AvgIpc) is 3.19. The summed E-state index contributed by atoms with van der Waals surface area (Å²) >= 11 is 0. The summed E-state index contributed by atoms with van der Waals surface area (Å²) in [5.41, 5.74) is 9.27. The number of nitrogens with zero attached hydrogens (tertiary/aromatic N) is 3. The van der Waals surface area contributed by atoms with Gasteiger partial charge in [0.15, 0.2) is 0 Å². The number of rotatable bonds is 13. The lowest BCUT2D eigenvalue weighted by Crippen LogP contribution is -2.61. The molecule has 0 radical (unpaired) electrons. The third-order valence-electron chi connectivity index (χ3n) is 9.51. The molecule has 8 nitrogen and oxygen atoms in total. The van der Waals surface area contributed by atoms with Crippen LogP contribution in [0.3, 0.4) is 0 Å². The minimum Gasteiger partial charge on any atom is -0.496 e. The van der Waals surface area contributed by atoms with Crippen molar-refractivity contribution in [3.8, 4) is 5.75 Å². The second-order valence-corrected chi connectivity index (χ2v) is 12.4. The highest BCUT2D eigenvalue weighted by Crippen LogP contribution is 2.28. The van der Waals surface area contributed by atoms with Crippen molar-refractivity contribution in [3.63, 3.8) is 0 Å². The van der Waals surface area contributed by atoms with Crippen LogP contribution in [-0.2, 0) is 16.1 Å². The predicted molar refractivity (Wildman–Crippen MR) is 179 cm³/mol. The lowest BCUT2D eigenvalue weighted by molar-refractivity contribution is -0.145. The summed E-state index contributed by atoms with van der Waals surface area (Å²) in [6.07, 6.45) is 3.05. The largest absolute Gasteiger partial charge is 0.496 e. The van der Waals surface area contributed by atoms with E-state index in [1.54, 1.807) is 7.11 Å². The van der Waals surface area contributed by atoms with Gasteiger partial charge in [0, 0.05) is 56.8 Å². The van der Waals surface area contributed by atoms with E-state index in [2.05, 4.69) is 52.4 Å². The van der Waals surface area contributed by atoms with Crippen LogP contribution >= 0.6 is 0 Å². The number of hydrogen-bond acceptors (Lipinski definition) is 6. The zero-order chi connectivity index (χ0) is 31.6. The number of unbranched alkanes of at least 4 members (excludes halogenated alkanes) is 1. The zero-order valence-electron chi connectivity index (χ0n) is 26.8. The van der Waals surface area contributed by atoms with Crippen LogP contribution in [0, 0.1) is 0 Å². The molecule has 3 aromatic rings. The highest BCUT2D eigenvalue weighted by Gasteiger charge is 2.43. The van der Waals surface area contributed by atoms with Crippen LogP contribution in [-0.4, -0.2) is 91.0 Å². The second-order valence-electron chi connectivity index (χ2n) is 12.4. The standard InChI is InChI=1S/C37H49N5O3/c1-28-20-22-42(37(44)34-27-40(23-24-41(28)34)26-31-17-9-10-19-35(31)45-2)33(18-11-12-21-38)36(43)39-25-32(29-13-5-3-6-14-29)30-15-7-4-8-16-30/h3-10,13-17,19,28,32-34H,11-12,18,20-27,38H2,1-2H3,(H,39,43)/t28?,33-,34?/m0/s1. The molecule has 2 aliphatic heterocycles. The van der Waals surface area contributed by atoms with Gasteiger partial charge in [-0.1, -0.05) is 78.9 Å². The molecule has 2 unspecified atom stereocenters. The number of carbonyl (C=O) groups is 2. The number of nitrogens with two attached hydrogens (primary N) is 1. The molecular formula is C37H49N5O3. The molecule has 0 spiro atoms. The number of benzene rings is 3. The van der Waals surface area contributed by atoms with Gasteiger partial charge in [-0.3, -0.25) is 19.4 Å². The number of nitrogens with one attached hydrogen (secondary N) is 1. The molecule has 8 heteroatoms. The number of piperazine rings is 1. The quantitative estimate of drug-likeness (QED) is 0.281. The van der Waals surface area contributed by atoms with E-state index in [0.29, 0.717) is 32.6 Å². The van der Waals surface area contributed by atoms with E-state index in [1.165, 1.54) is 0 Å². The van der Waals surface area contributed by atoms with Crippen molar-refractivity contribution in [2.24, 2.45) is 5.73 Å². The maximum Gasteiger partial charge on any atom is 0.242 e. The van der Waals surface area contributed by atoms with Crippen LogP contribution in [0.1, 0.15) is 55.2 Å². The van der Waals surface area contributed by atoms with Crippen LogP contribution in [0.4, 0.5) is 0 Å². The molecule has 45 heavy (non-hydrogen) atoms. The number of para-hydroxylation sites is 1. The fourth-order valence-electron chi connectivity index (χ4n) is 6.95. The number of fused-ring (bicyclic) bond motifs is 1. The molecule has 2 saturated heterocycles. The maximum absolute atomic E-state index is 14.4. The molecular weight excluding hydrogens is 562 g/mol. The van der Waals surface area contributed by atoms with Crippen molar-refractivity contribution in [2.45, 2.75) is 63.2 Å². The molecule has 5 rings (SSSR count). The van der Waals surface area contributed by atoms with Crippen LogP contribution in [0.25, 0.3) is 0 Å². The van der Waals surface area contributed by atoms with Gasteiger partial charge in [-0.05, 0) is 56.3 Å². The number of amides is 2. The summed E-state index contributed by atoms with van der Waals surface area (Å²) in [4.78, 5) is 35.1. The second kappa shape index (κ2) is 16.0. The van der Waals surface area contributed by atoms with Gasteiger partial charge >= 0.3 is 0 Å². The Labute approximate surface area is 268 Å². The Morgan fingerprint density at radius 2 is 1.60 bits per heavy atom. The van der Waals surface area contributed by atoms with Crippen molar-refractivity contribution < 1.29 is 14.3 Å². The molecule has 3 N–H and O–H groups in total. The third kappa shape index (κ3) is 8.12. The predicted octanol–water partition coefficient (Wildman–Crippen LogP) is 4.25. The average molecular weight is 612 g/mol. The van der Waals surface area contributed by atoms with E-state index in [0.717, 1.165) is 61.3 Å². The molecule has 2 heterocycles.